The molecule has 0 rings (SSSR count). The molecule has 0 aromatic heterocycles. The molecule has 0 bridgehead atoms. The molecule has 0 spiro atoms. The molecular weight excluding hydrogens is 138 g/mol. The van der Waals surface area contributed by atoms with Crippen molar-refractivity contribution in [2.75, 3.05) is 0 Å². The zero-order valence-electron chi connectivity index (χ0n) is 6.79. The second-order valence-electron chi connectivity index (χ2n) is 2.04. The predicted molar refractivity (Wildman–Crippen MR) is 43.8 cm³/mol. The minimum atomic E-state index is 0.559. The van der Waals surface area contributed by atoms with Crippen molar-refractivity contribution in [3.05, 3.63) is 23.3 Å². The summed E-state index contributed by atoms with van der Waals surface area (Å²) in [5.74, 6) is 0. The summed E-state index contributed by atoms with van der Waals surface area (Å²) in [4.78, 5) is 10.3. The Morgan fingerprint density at radius 3 is 2.55 bits per heavy atom. The van der Waals surface area contributed by atoms with E-state index in [1.165, 1.54) is 0 Å². The summed E-state index contributed by atoms with van der Waals surface area (Å²) in [5.41, 5.74) is 1.19. The maximum Gasteiger partial charge on any atom is 0.149 e. The average molecular weight is 149 g/mol. The number of nitrogens with zero attached hydrogens (tertiary/aromatic N) is 1. The zero-order chi connectivity index (χ0) is 8.69. The van der Waals surface area contributed by atoms with Crippen LogP contribution in [0.15, 0.2) is 23.3 Å². The van der Waals surface area contributed by atoms with E-state index < -0.39 is 0 Å². The Bertz CT molecular complexity index is 230. The number of aldehydes is 1. The van der Waals surface area contributed by atoms with Gasteiger partial charge in [0.05, 0.1) is 6.07 Å². The summed E-state index contributed by atoms with van der Waals surface area (Å²) < 4.78 is 0. The summed E-state index contributed by atoms with van der Waals surface area (Å²) in [6.07, 6.45) is 4.70. The summed E-state index contributed by atoms with van der Waals surface area (Å²) >= 11 is 0. The van der Waals surface area contributed by atoms with Gasteiger partial charge in [-0.2, -0.15) is 5.26 Å². The van der Waals surface area contributed by atoms with Crippen LogP contribution in [0.1, 0.15) is 20.3 Å². The lowest BCUT2D eigenvalue weighted by molar-refractivity contribution is -0.104. The van der Waals surface area contributed by atoms with Crippen molar-refractivity contribution in [1.82, 2.24) is 0 Å². The molecule has 0 fully saturated rings. The Labute approximate surface area is 66.8 Å². The first kappa shape index (κ1) is 9.64. The van der Waals surface area contributed by atoms with Gasteiger partial charge < -0.3 is 0 Å². The van der Waals surface area contributed by atoms with Crippen molar-refractivity contribution in [3.8, 4) is 6.07 Å². The molecule has 0 aromatic carbocycles. The first-order valence-electron chi connectivity index (χ1n) is 3.50. The van der Waals surface area contributed by atoms with Gasteiger partial charge in [0.25, 0.3) is 0 Å². The van der Waals surface area contributed by atoms with Crippen LogP contribution in [0.3, 0.4) is 0 Å². The van der Waals surface area contributed by atoms with Gasteiger partial charge in [0, 0.05) is 11.1 Å². The van der Waals surface area contributed by atoms with Gasteiger partial charge in [-0.15, -0.1) is 0 Å². The summed E-state index contributed by atoms with van der Waals surface area (Å²) in [6.45, 7) is 3.65. The fourth-order valence-electron chi connectivity index (χ4n) is 0.600. The van der Waals surface area contributed by atoms with E-state index in [0.717, 1.165) is 6.29 Å². The fourth-order valence-corrected chi connectivity index (χ4v) is 0.600. The van der Waals surface area contributed by atoms with E-state index in [4.69, 9.17) is 5.26 Å². The highest BCUT2D eigenvalue weighted by Gasteiger charge is 1.92. The van der Waals surface area contributed by atoms with Gasteiger partial charge in [0.1, 0.15) is 6.29 Å². The molecule has 0 saturated heterocycles. The maximum atomic E-state index is 10.3. The molecule has 0 unspecified atom stereocenters. The molecule has 11 heavy (non-hydrogen) atoms. The van der Waals surface area contributed by atoms with Crippen LogP contribution in [-0.4, -0.2) is 6.29 Å². The summed E-state index contributed by atoms with van der Waals surface area (Å²) in [6, 6.07) is 2.01. The van der Waals surface area contributed by atoms with Crippen molar-refractivity contribution in [2.45, 2.75) is 20.3 Å². The summed E-state index contributed by atoms with van der Waals surface area (Å²) in [7, 11) is 0. The number of hydrogen-bond donors (Lipinski definition) is 0. The van der Waals surface area contributed by atoms with E-state index in [2.05, 4.69) is 0 Å². The molecular formula is C9H11NO. The molecule has 0 N–H and O–H groups in total. The third kappa shape index (κ3) is 3.36. The van der Waals surface area contributed by atoms with E-state index >= 15 is 0 Å². The van der Waals surface area contributed by atoms with Gasteiger partial charge in [-0.05, 0) is 19.4 Å². The lowest BCUT2D eigenvalue weighted by Gasteiger charge is -1.90. The minimum Gasteiger partial charge on any atom is -0.298 e. The highest BCUT2D eigenvalue weighted by atomic mass is 16.1. The lowest BCUT2D eigenvalue weighted by Crippen LogP contribution is -1.81. The molecule has 58 valence electrons. The van der Waals surface area contributed by atoms with Crippen molar-refractivity contribution in [3.63, 3.8) is 0 Å². The zero-order valence-corrected chi connectivity index (χ0v) is 6.79. The van der Waals surface area contributed by atoms with Crippen LogP contribution in [0.5, 0.6) is 0 Å². The van der Waals surface area contributed by atoms with Gasteiger partial charge in [0.2, 0.25) is 0 Å². The molecule has 2 nitrogen and oxygen atoms in total. The molecule has 0 aromatic rings. The SMILES string of the molecule is C/C=C(C=O)\C=C(\C#N)CC. The minimum absolute atomic E-state index is 0.559. The fraction of sp³-hybridized carbons (Fsp3) is 0.333. The maximum absolute atomic E-state index is 10.3. The van der Waals surface area contributed by atoms with Crippen LogP contribution >= 0.6 is 0 Å². The standard InChI is InChI=1S/C9H11NO/c1-3-8(6-10)5-9(4-2)7-11/h4-5,7H,3H2,1-2H3/b8-5+,9-4+. The highest BCUT2D eigenvalue weighted by Crippen LogP contribution is 2.02. The van der Waals surface area contributed by atoms with Gasteiger partial charge in [-0.25, -0.2) is 0 Å². The second-order valence-corrected chi connectivity index (χ2v) is 2.04. The molecule has 0 heterocycles. The first-order chi connectivity index (χ1) is 5.28. The van der Waals surface area contributed by atoms with Crippen LogP contribution in [0.4, 0.5) is 0 Å². The molecule has 0 aliphatic rings. The van der Waals surface area contributed by atoms with E-state index in [-0.39, 0.29) is 0 Å². The van der Waals surface area contributed by atoms with E-state index in [9.17, 15) is 4.79 Å². The van der Waals surface area contributed by atoms with Crippen molar-refractivity contribution in [1.29, 1.82) is 5.26 Å². The Kier molecular flexibility index (Phi) is 4.76. The van der Waals surface area contributed by atoms with E-state index in [1.54, 1.807) is 19.1 Å². The van der Waals surface area contributed by atoms with Crippen LogP contribution in [0.25, 0.3) is 0 Å². The first-order valence-corrected chi connectivity index (χ1v) is 3.50. The van der Waals surface area contributed by atoms with Gasteiger partial charge in [-0.3, -0.25) is 4.79 Å². The third-order valence-electron chi connectivity index (χ3n) is 1.33. The smallest absolute Gasteiger partial charge is 0.149 e. The Hall–Kier alpha value is -1.36. The normalized spacial score (nSPS) is 12.5. The highest BCUT2D eigenvalue weighted by molar-refractivity contribution is 5.77. The molecule has 0 amide bonds. The molecule has 0 atom stereocenters. The molecule has 0 saturated carbocycles. The molecule has 0 aliphatic carbocycles. The van der Waals surface area contributed by atoms with Crippen LogP contribution in [0, 0.1) is 11.3 Å². The molecule has 0 radical (unpaired) electrons. The monoisotopic (exact) mass is 149 g/mol. The van der Waals surface area contributed by atoms with Crippen LogP contribution in [0.2, 0.25) is 0 Å². The van der Waals surface area contributed by atoms with Gasteiger partial charge >= 0.3 is 0 Å². The topological polar surface area (TPSA) is 40.9 Å². The van der Waals surface area contributed by atoms with Gasteiger partial charge in [-0.1, -0.05) is 13.0 Å². The quantitative estimate of drug-likeness (QED) is 0.266. The largest absolute Gasteiger partial charge is 0.298 e. The number of rotatable bonds is 3. The molecule has 2 heteroatoms. The number of carbonyl (C=O) groups excluding carboxylic acids is 1. The number of allylic oxidation sites excluding steroid dienone is 4. The number of nitriles is 1. The van der Waals surface area contributed by atoms with E-state index in [1.807, 2.05) is 13.0 Å². The van der Waals surface area contributed by atoms with Crippen molar-refractivity contribution < 1.29 is 4.79 Å². The van der Waals surface area contributed by atoms with E-state index in [0.29, 0.717) is 17.6 Å². The number of hydrogen-bond acceptors (Lipinski definition) is 2. The Morgan fingerprint density at radius 1 is 1.64 bits per heavy atom. The van der Waals surface area contributed by atoms with Crippen molar-refractivity contribution >= 4 is 6.29 Å². The van der Waals surface area contributed by atoms with Crippen LogP contribution < -0.4 is 0 Å². The molecule has 0 aliphatic heterocycles. The Morgan fingerprint density at radius 2 is 2.27 bits per heavy atom. The van der Waals surface area contributed by atoms with Crippen molar-refractivity contribution in [2.24, 2.45) is 0 Å². The van der Waals surface area contributed by atoms with Crippen LogP contribution in [-0.2, 0) is 4.79 Å². The Balaban J connectivity index is 4.52. The second kappa shape index (κ2) is 5.43. The van der Waals surface area contributed by atoms with Gasteiger partial charge in [0.15, 0.2) is 0 Å². The lowest BCUT2D eigenvalue weighted by atomic mass is 10.1. The third-order valence-corrected chi connectivity index (χ3v) is 1.33. The summed E-state index contributed by atoms with van der Waals surface area (Å²) in [5, 5.41) is 8.50. The predicted octanol–water partition coefficient (Wildman–Crippen LogP) is 1.99. The average Bonchev–Trinajstić information content (AvgIpc) is 2.07. The number of carbonyl (C=O) groups is 1.